The van der Waals surface area contributed by atoms with Crippen molar-refractivity contribution in [2.75, 3.05) is 20.2 Å². The molecule has 1 fully saturated rings. The van der Waals surface area contributed by atoms with Crippen molar-refractivity contribution in [3.63, 3.8) is 0 Å². The Morgan fingerprint density at radius 3 is 2.37 bits per heavy atom. The van der Waals surface area contributed by atoms with Crippen LogP contribution in [-0.2, 0) is 4.79 Å². The standard InChI is InChI=1S/C15H13ClN2O.C14H27NO/c1-9-3-5-12(16)11(7-9)15-17-13-6-4-10(19-2)8-14(13)18-15;1-3-9-13(10-4-2)14(16)15-11-7-5-6-8-12-15/h3-8H,1-2H3,(H,17,18);13H,3-12H2,1-2H3. The van der Waals surface area contributed by atoms with Crippen LogP contribution in [0, 0.1) is 12.8 Å². The fourth-order valence-corrected chi connectivity index (χ4v) is 4.91. The summed E-state index contributed by atoms with van der Waals surface area (Å²) in [6.45, 7) is 8.40. The van der Waals surface area contributed by atoms with Gasteiger partial charge in [0.05, 0.1) is 23.2 Å². The average Bonchev–Trinajstić information content (AvgIpc) is 3.09. The van der Waals surface area contributed by atoms with Gasteiger partial charge in [-0.05, 0) is 56.9 Å². The molecule has 0 atom stereocenters. The number of nitrogens with zero attached hydrogens (tertiary/aromatic N) is 2. The number of hydrogen-bond acceptors (Lipinski definition) is 3. The molecule has 1 saturated heterocycles. The van der Waals surface area contributed by atoms with E-state index in [9.17, 15) is 4.79 Å². The highest BCUT2D eigenvalue weighted by atomic mass is 35.5. The molecule has 190 valence electrons. The van der Waals surface area contributed by atoms with E-state index in [0.29, 0.717) is 16.8 Å². The number of H-pyrrole nitrogens is 1. The zero-order valence-electron chi connectivity index (χ0n) is 21.7. The van der Waals surface area contributed by atoms with Crippen molar-refractivity contribution in [3.05, 3.63) is 47.0 Å². The minimum absolute atomic E-state index is 0.299. The van der Waals surface area contributed by atoms with Gasteiger partial charge in [-0.25, -0.2) is 4.98 Å². The molecule has 6 heteroatoms. The highest BCUT2D eigenvalue weighted by Gasteiger charge is 2.23. The number of aromatic amines is 1. The lowest BCUT2D eigenvalue weighted by Gasteiger charge is -2.25. The lowest BCUT2D eigenvalue weighted by atomic mass is 9.96. The van der Waals surface area contributed by atoms with Gasteiger partial charge in [-0.1, -0.05) is 62.8 Å². The largest absolute Gasteiger partial charge is 0.497 e. The van der Waals surface area contributed by atoms with Crippen molar-refractivity contribution in [2.45, 2.75) is 72.1 Å². The molecule has 5 nitrogen and oxygen atoms in total. The SMILES string of the molecule is CCCC(CCC)C(=O)N1CCCCCC1.COc1ccc2nc(-c3cc(C)ccc3Cl)[nH]c2c1. The first-order valence-electron chi connectivity index (χ1n) is 13.1. The first-order chi connectivity index (χ1) is 17.0. The second-order valence-electron chi connectivity index (χ2n) is 9.47. The zero-order valence-corrected chi connectivity index (χ0v) is 22.5. The van der Waals surface area contributed by atoms with Gasteiger partial charge in [0.1, 0.15) is 11.6 Å². The fourth-order valence-electron chi connectivity index (χ4n) is 4.70. The molecule has 0 unspecified atom stereocenters. The average molecular weight is 498 g/mol. The number of aromatic nitrogens is 2. The summed E-state index contributed by atoms with van der Waals surface area (Å²) in [6.07, 6.45) is 9.42. The number of hydrogen-bond donors (Lipinski definition) is 1. The number of benzene rings is 2. The third kappa shape index (κ3) is 7.47. The first kappa shape index (κ1) is 27.1. The minimum Gasteiger partial charge on any atom is -0.497 e. The lowest BCUT2D eigenvalue weighted by Crippen LogP contribution is -2.36. The number of aryl methyl sites for hydroxylation is 1. The van der Waals surface area contributed by atoms with Crippen LogP contribution in [0.3, 0.4) is 0 Å². The van der Waals surface area contributed by atoms with Crippen molar-refractivity contribution in [3.8, 4) is 17.1 Å². The normalized spacial score (nSPS) is 13.9. The number of amides is 1. The van der Waals surface area contributed by atoms with Gasteiger partial charge in [-0.3, -0.25) is 4.79 Å². The Kier molecular flexibility index (Phi) is 10.5. The summed E-state index contributed by atoms with van der Waals surface area (Å²) in [7, 11) is 1.65. The third-order valence-corrected chi connectivity index (χ3v) is 6.94. The first-order valence-corrected chi connectivity index (χ1v) is 13.4. The lowest BCUT2D eigenvalue weighted by molar-refractivity contribution is -0.136. The summed E-state index contributed by atoms with van der Waals surface area (Å²) in [5, 5.41) is 0.691. The molecule has 1 amide bonds. The number of carbonyl (C=O) groups is 1. The maximum absolute atomic E-state index is 12.4. The predicted molar refractivity (Wildman–Crippen MR) is 146 cm³/mol. The van der Waals surface area contributed by atoms with E-state index in [4.69, 9.17) is 16.3 Å². The van der Waals surface area contributed by atoms with Gasteiger partial charge in [-0.15, -0.1) is 0 Å². The summed E-state index contributed by atoms with van der Waals surface area (Å²) in [6, 6.07) is 11.6. The molecule has 0 bridgehead atoms. The summed E-state index contributed by atoms with van der Waals surface area (Å²) in [4.78, 5) is 22.3. The maximum atomic E-state index is 12.4. The Morgan fingerprint density at radius 2 is 1.74 bits per heavy atom. The highest BCUT2D eigenvalue weighted by Crippen LogP contribution is 2.29. The van der Waals surface area contributed by atoms with Gasteiger partial charge < -0.3 is 14.6 Å². The molecule has 2 heterocycles. The molecule has 35 heavy (non-hydrogen) atoms. The molecule has 0 radical (unpaired) electrons. The van der Waals surface area contributed by atoms with E-state index in [0.717, 1.165) is 72.5 Å². The van der Waals surface area contributed by atoms with E-state index in [2.05, 4.69) is 28.7 Å². The topological polar surface area (TPSA) is 58.2 Å². The predicted octanol–water partition coefficient (Wildman–Crippen LogP) is 7.81. The number of carbonyl (C=O) groups excluding carboxylic acids is 1. The molecule has 0 spiro atoms. The number of halogens is 1. The van der Waals surface area contributed by atoms with Crippen molar-refractivity contribution in [1.82, 2.24) is 14.9 Å². The molecule has 0 aliphatic carbocycles. The number of nitrogens with one attached hydrogen (secondary N) is 1. The monoisotopic (exact) mass is 497 g/mol. The summed E-state index contributed by atoms with van der Waals surface area (Å²) in [5.74, 6) is 2.31. The van der Waals surface area contributed by atoms with Crippen LogP contribution in [0.1, 0.15) is 70.8 Å². The van der Waals surface area contributed by atoms with Crippen LogP contribution in [0.4, 0.5) is 0 Å². The Hall–Kier alpha value is -2.53. The Labute approximate surface area is 215 Å². The van der Waals surface area contributed by atoms with Crippen molar-refractivity contribution < 1.29 is 9.53 Å². The van der Waals surface area contributed by atoms with Crippen molar-refractivity contribution >= 4 is 28.5 Å². The van der Waals surface area contributed by atoms with Gasteiger partial charge in [0.25, 0.3) is 0 Å². The van der Waals surface area contributed by atoms with E-state index in [-0.39, 0.29) is 0 Å². The number of methoxy groups -OCH3 is 1. The molecule has 0 saturated carbocycles. The number of likely N-dealkylation sites (tertiary alicyclic amines) is 1. The van der Waals surface area contributed by atoms with E-state index in [1.165, 1.54) is 25.7 Å². The van der Waals surface area contributed by atoms with Crippen LogP contribution >= 0.6 is 11.6 Å². The maximum Gasteiger partial charge on any atom is 0.225 e. The van der Waals surface area contributed by atoms with Crippen molar-refractivity contribution in [2.24, 2.45) is 5.92 Å². The van der Waals surface area contributed by atoms with Crippen LogP contribution in [0.5, 0.6) is 5.75 Å². The van der Waals surface area contributed by atoms with Crippen LogP contribution in [0.25, 0.3) is 22.4 Å². The summed E-state index contributed by atoms with van der Waals surface area (Å²) < 4.78 is 5.21. The molecule has 1 aromatic heterocycles. The van der Waals surface area contributed by atoms with E-state index < -0.39 is 0 Å². The van der Waals surface area contributed by atoms with E-state index in [1.807, 2.05) is 43.3 Å². The van der Waals surface area contributed by atoms with Gasteiger partial charge in [0.2, 0.25) is 5.91 Å². The zero-order chi connectivity index (χ0) is 25.2. The van der Waals surface area contributed by atoms with E-state index in [1.54, 1.807) is 7.11 Å². The second kappa shape index (κ2) is 13.5. The van der Waals surface area contributed by atoms with Crippen LogP contribution in [0.2, 0.25) is 5.02 Å². The number of rotatable bonds is 7. The number of fused-ring (bicyclic) bond motifs is 1. The molecule has 3 aromatic rings. The molecule has 1 aliphatic rings. The smallest absolute Gasteiger partial charge is 0.225 e. The molecule has 1 N–H and O–H groups in total. The van der Waals surface area contributed by atoms with Gasteiger partial charge in [0, 0.05) is 30.6 Å². The van der Waals surface area contributed by atoms with Crippen LogP contribution < -0.4 is 4.74 Å². The van der Waals surface area contributed by atoms with Crippen LogP contribution in [-0.4, -0.2) is 41.0 Å². The second-order valence-corrected chi connectivity index (χ2v) is 9.87. The Morgan fingerprint density at radius 1 is 1.06 bits per heavy atom. The quantitative estimate of drug-likeness (QED) is 0.362. The summed E-state index contributed by atoms with van der Waals surface area (Å²) in [5.41, 5.74) is 3.90. The molecule has 1 aliphatic heterocycles. The van der Waals surface area contributed by atoms with E-state index >= 15 is 0 Å². The van der Waals surface area contributed by atoms with Crippen LogP contribution in [0.15, 0.2) is 36.4 Å². The number of ether oxygens (including phenoxy) is 1. The van der Waals surface area contributed by atoms with Gasteiger partial charge >= 0.3 is 0 Å². The Bertz CT molecular complexity index is 1080. The number of imidazole rings is 1. The summed E-state index contributed by atoms with van der Waals surface area (Å²) >= 11 is 6.23. The highest BCUT2D eigenvalue weighted by molar-refractivity contribution is 6.33. The van der Waals surface area contributed by atoms with Gasteiger partial charge in [-0.2, -0.15) is 0 Å². The third-order valence-electron chi connectivity index (χ3n) is 6.61. The molecular formula is C29H40ClN3O2. The van der Waals surface area contributed by atoms with Crippen molar-refractivity contribution in [1.29, 1.82) is 0 Å². The minimum atomic E-state index is 0.299. The molecular weight excluding hydrogens is 458 g/mol. The van der Waals surface area contributed by atoms with Gasteiger partial charge in [0.15, 0.2) is 0 Å². The molecule has 4 rings (SSSR count). The Balaban J connectivity index is 0.000000199. The molecule has 2 aromatic carbocycles. The fraction of sp³-hybridized carbons (Fsp3) is 0.517.